The standard InChI is InChI=1S/C16H22N4O3S/c1-2-3-5-14-18-19-16(20(14)17)24-11-4-10-23-13-8-6-12(7-9-13)15(21)22/h6-9H,2-5,10-11,17H2,1H3,(H,21,22). The second-order valence-corrected chi connectivity index (χ2v) is 6.31. The van der Waals surface area contributed by atoms with Gasteiger partial charge in [0.15, 0.2) is 5.82 Å². The number of aromatic carboxylic acids is 1. The van der Waals surface area contributed by atoms with Gasteiger partial charge in [-0.1, -0.05) is 25.1 Å². The van der Waals surface area contributed by atoms with E-state index in [9.17, 15) is 4.79 Å². The maximum Gasteiger partial charge on any atom is 0.335 e. The van der Waals surface area contributed by atoms with Gasteiger partial charge < -0.3 is 15.7 Å². The van der Waals surface area contributed by atoms with E-state index in [1.54, 1.807) is 28.6 Å². The highest BCUT2D eigenvalue weighted by molar-refractivity contribution is 7.99. The first-order valence-corrected chi connectivity index (χ1v) is 8.88. The van der Waals surface area contributed by atoms with Gasteiger partial charge in [0.1, 0.15) is 5.75 Å². The van der Waals surface area contributed by atoms with Crippen LogP contribution in [0.5, 0.6) is 5.75 Å². The molecule has 0 atom stereocenters. The van der Waals surface area contributed by atoms with Crippen LogP contribution in [0.2, 0.25) is 0 Å². The quantitative estimate of drug-likeness (QED) is 0.385. The van der Waals surface area contributed by atoms with E-state index in [0.717, 1.165) is 37.3 Å². The van der Waals surface area contributed by atoms with Gasteiger partial charge >= 0.3 is 5.97 Å². The molecule has 0 aliphatic rings. The Kier molecular flexibility index (Phi) is 6.92. The summed E-state index contributed by atoms with van der Waals surface area (Å²) in [6, 6.07) is 6.38. The molecule has 8 heteroatoms. The van der Waals surface area contributed by atoms with Crippen LogP contribution in [0.15, 0.2) is 29.4 Å². The summed E-state index contributed by atoms with van der Waals surface area (Å²) in [6.07, 6.45) is 3.81. The molecule has 130 valence electrons. The maximum absolute atomic E-state index is 10.8. The summed E-state index contributed by atoms with van der Waals surface area (Å²) in [5, 5.41) is 17.8. The monoisotopic (exact) mass is 350 g/mol. The van der Waals surface area contributed by atoms with Crippen molar-refractivity contribution in [3.05, 3.63) is 35.7 Å². The van der Waals surface area contributed by atoms with E-state index in [0.29, 0.717) is 17.5 Å². The van der Waals surface area contributed by atoms with Gasteiger partial charge in [0.2, 0.25) is 5.16 Å². The Labute approximate surface area is 145 Å². The van der Waals surface area contributed by atoms with Crippen molar-refractivity contribution in [3.63, 3.8) is 0 Å². The van der Waals surface area contributed by atoms with E-state index < -0.39 is 5.97 Å². The average molecular weight is 350 g/mol. The molecule has 0 saturated heterocycles. The van der Waals surface area contributed by atoms with Gasteiger partial charge in [-0.05, 0) is 37.1 Å². The summed E-state index contributed by atoms with van der Waals surface area (Å²) in [4.78, 5) is 10.8. The van der Waals surface area contributed by atoms with E-state index in [1.807, 2.05) is 0 Å². The number of nitrogens with zero attached hydrogens (tertiary/aromatic N) is 3. The predicted octanol–water partition coefficient (Wildman–Crippen LogP) is 2.59. The van der Waals surface area contributed by atoms with E-state index in [1.165, 1.54) is 12.1 Å². The van der Waals surface area contributed by atoms with Crippen LogP contribution in [0, 0.1) is 0 Å². The minimum absolute atomic E-state index is 0.249. The molecule has 1 aromatic carbocycles. The Balaban J connectivity index is 1.69. The minimum Gasteiger partial charge on any atom is -0.494 e. The van der Waals surface area contributed by atoms with Crippen LogP contribution in [0.3, 0.4) is 0 Å². The van der Waals surface area contributed by atoms with Crippen molar-refractivity contribution in [1.29, 1.82) is 0 Å². The molecule has 0 radical (unpaired) electrons. The number of thioether (sulfide) groups is 1. The summed E-state index contributed by atoms with van der Waals surface area (Å²) in [6.45, 7) is 2.67. The maximum atomic E-state index is 10.8. The normalized spacial score (nSPS) is 10.7. The summed E-state index contributed by atoms with van der Waals surface area (Å²) in [5.74, 6) is 7.33. The average Bonchev–Trinajstić information content (AvgIpc) is 2.93. The number of carboxylic acids is 1. The molecule has 0 spiro atoms. The largest absolute Gasteiger partial charge is 0.494 e. The lowest BCUT2D eigenvalue weighted by molar-refractivity contribution is 0.0697. The van der Waals surface area contributed by atoms with Crippen LogP contribution in [0.25, 0.3) is 0 Å². The molecule has 3 N–H and O–H groups in total. The Morgan fingerprint density at radius 2 is 2.04 bits per heavy atom. The van der Waals surface area contributed by atoms with Crippen molar-refractivity contribution in [2.75, 3.05) is 18.2 Å². The third-order valence-corrected chi connectivity index (χ3v) is 4.41. The number of nitrogen functional groups attached to an aromatic ring is 1. The Morgan fingerprint density at radius 3 is 2.71 bits per heavy atom. The van der Waals surface area contributed by atoms with Crippen molar-refractivity contribution in [2.45, 2.75) is 37.8 Å². The second kappa shape index (κ2) is 9.17. The molecule has 0 unspecified atom stereocenters. The number of nitrogens with two attached hydrogens (primary N) is 1. The highest BCUT2D eigenvalue weighted by atomic mass is 32.2. The summed E-state index contributed by atoms with van der Waals surface area (Å²) < 4.78 is 7.15. The van der Waals surface area contributed by atoms with Gasteiger partial charge in [0, 0.05) is 12.2 Å². The molecule has 1 aromatic heterocycles. The second-order valence-electron chi connectivity index (χ2n) is 5.25. The smallest absolute Gasteiger partial charge is 0.335 e. The van der Waals surface area contributed by atoms with Crippen LogP contribution in [-0.4, -0.2) is 38.3 Å². The van der Waals surface area contributed by atoms with E-state index in [-0.39, 0.29) is 5.56 Å². The molecular weight excluding hydrogens is 328 g/mol. The van der Waals surface area contributed by atoms with Crippen molar-refractivity contribution in [2.24, 2.45) is 0 Å². The van der Waals surface area contributed by atoms with Crippen LogP contribution in [0.4, 0.5) is 0 Å². The van der Waals surface area contributed by atoms with E-state index in [2.05, 4.69) is 17.1 Å². The first kappa shape index (κ1) is 18.1. The molecule has 0 aliphatic carbocycles. The molecule has 1 heterocycles. The number of carbonyl (C=O) groups is 1. The summed E-state index contributed by atoms with van der Waals surface area (Å²) in [7, 11) is 0. The lowest BCUT2D eigenvalue weighted by atomic mass is 10.2. The highest BCUT2D eigenvalue weighted by Gasteiger charge is 2.09. The van der Waals surface area contributed by atoms with Gasteiger partial charge in [0.25, 0.3) is 0 Å². The van der Waals surface area contributed by atoms with E-state index in [4.69, 9.17) is 15.7 Å². The first-order valence-electron chi connectivity index (χ1n) is 7.90. The fourth-order valence-corrected chi connectivity index (χ4v) is 2.80. The zero-order chi connectivity index (χ0) is 17.4. The van der Waals surface area contributed by atoms with Crippen molar-refractivity contribution < 1.29 is 14.6 Å². The van der Waals surface area contributed by atoms with Gasteiger partial charge in [-0.2, -0.15) is 0 Å². The predicted molar refractivity (Wildman–Crippen MR) is 93.0 cm³/mol. The van der Waals surface area contributed by atoms with Gasteiger partial charge in [-0.25, -0.2) is 9.47 Å². The van der Waals surface area contributed by atoms with Crippen molar-refractivity contribution in [3.8, 4) is 5.75 Å². The fraction of sp³-hybridized carbons (Fsp3) is 0.438. The Bertz CT molecular complexity index is 658. The number of hydrogen-bond donors (Lipinski definition) is 2. The van der Waals surface area contributed by atoms with Gasteiger partial charge in [-0.3, -0.25) is 0 Å². The lowest BCUT2D eigenvalue weighted by Gasteiger charge is -2.06. The SMILES string of the molecule is CCCCc1nnc(SCCCOc2ccc(C(=O)O)cc2)n1N. The van der Waals surface area contributed by atoms with Crippen LogP contribution >= 0.6 is 11.8 Å². The zero-order valence-corrected chi connectivity index (χ0v) is 14.5. The number of aryl methyl sites for hydroxylation is 1. The highest BCUT2D eigenvalue weighted by Crippen LogP contribution is 2.17. The van der Waals surface area contributed by atoms with Crippen LogP contribution in [-0.2, 0) is 6.42 Å². The number of hydrogen-bond acceptors (Lipinski definition) is 6. The van der Waals surface area contributed by atoms with Crippen molar-refractivity contribution >= 4 is 17.7 Å². The molecule has 0 aliphatic heterocycles. The van der Waals surface area contributed by atoms with Crippen molar-refractivity contribution in [1.82, 2.24) is 14.9 Å². The Hall–Kier alpha value is -2.22. The molecule has 0 fully saturated rings. The van der Waals surface area contributed by atoms with Crippen LogP contribution in [0.1, 0.15) is 42.4 Å². The summed E-state index contributed by atoms with van der Waals surface area (Å²) in [5.41, 5.74) is 0.249. The number of carboxylic acid groups (broad SMARTS) is 1. The molecule has 2 rings (SSSR count). The van der Waals surface area contributed by atoms with Gasteiger partial charge in [-0.15, -0.1) is 10.2 Å². The number of unbranched alkanes of at least 4 members (excludes halogenated alkanes) is 1. The van der Waals surface area contributed by atoms with Crippen LogP contribution < -0.4 is 10.6 Å². The van der Waals surface area contributed by atoms with E-state index >= 15 is 0 Å². The molecule has 2 aromatic rings. The lowest BCUT2D eigenvalue weighted by Crippen LogP contribution is -2.14. The number of ether oxygens (including phenoxy) is 1. The molecule has 7 nitrogen and oxygen atoms in total. The van der Waals surface area contributed by atoms with Gasteiger partial charge in [0.05, 0.1) is 12.2 Å². The minimum atomic E-state index is -0.942. The molecule has 0 bridgehead atoms. The zero-order valence-electron chi connectivity index (χ0n) is 13.6. The number of benzene rings is 1. The third-order valence-electron chi connectivity index (χ3n) is 3.38. The number of aromatic nitrogens is 3. The molecule has 0 saturated carbocycles. The topological polar surface area (TPSA) is 103 Å². The molecule has 0 amide bonds. The first-order chi connectivity index (χ1) is 11.6. The number of rotatable bonds is 10. The third kappa shape index (κ3) is 5.16. The molecule has 24 heavy (non-hydrogen) atoms. The molecular formula is C16H22N4O3S. The fourth-order valence-electron chi connectivity index (χ4n) is 2.02. The summed E-state index contributed by atoms with van der Waals surface area (Å²) >= 11 is 1.55. The Morgan fingerprint density at radius 1 is 1.29 bits per heavy atom.